The molecule has 88 valence electrons. The third kappa shape index (κ3) is 1.87. The molecular formula is C16H18O. The Bertz CT molecular complexity index is 541. The lowest BCUT2D eigenvalue weighted by molar-refractivity contribution is 0.399. The normalized spacial score (nSPS) is 11.3. The lowest BCUT2D eigenvalue weighted by atomic mass is 9.98. The van der Waals surface area contributed by atoms with Crippen molar-refractivity contribution in [2.45, 2.75) is 20.3 Å². The smallest absolute Gasteiger partial charge is 0.0319 e. The lowest BCUT2D eigenvalue weighted by Gasteiger charge is -2.06. The van der Waals surface area contributed by atoms with Gasteiger partial charge in [0.15, 0.2) is 0 Å². The SMILES string of the molecule is CO.Cc1ccc2c(c1C)Cc1ccccc1-2. The van der Waals surface area contributed by atoms with Crippen molar-refractivity contribution in [1.29, 1.82) is 0 Å². The first-order valence-electron chi connectivity index (χ1n) is 5.89. The Kier molecular flexibility index (Phi) is 3.30. The molecule has 1 aliphatic rings. The second-order valence-electron chi connectivity index (χ2n) is 4.37. The van der Waals surface area contributed by atoms with Crippen molar-refractivity contribution in [3.8, 4) is 11.1 Å². The van der Waals surface area contributed by atoms with Crippen molar-refractivity contribution in [2.75, 3.05) is 7.11 Å². The lowest BCUT2D eigenvalue weighted by Crippen LogP contribution is -1.89. The number of aliphatic hydroxyl groups excluding tert-OH is 1. The van der Waals surface area contributed by atoms with E-state index in [1.165, 1.54) is 33.4 Å². The Morgan fingerprint density at radius 2 is 1.59 bits per heavy atom. The van der Waals surface area contributed by atoms with E-state index in [1.807, 2.05) is 0 Å². The zero-order valence-corrected chi connectivity index (χ0v) is 10.6. The van der Waals surface area contributed by atoms with Gasteiger partial charge < -0.3 is 5.11 Å². The highest BCUT2D eigenvalue weighted by molar-refractivity contribution is 5.78. The maximum absolute atomic E-state index is 7.00. The highest BCUT2D eigenvalue weighted by Crippen LogP contribution is 2.38. The molecule has 2 aromatic carbocycles. The second kappa shape index (κ2) is 4.72. The third-order valence-corrected chi connectivity index (χ3v) is 3.54. The monoisotopic (exact) mass is 226 g/mol. The highest BCUT2D eigenvalue weighted by Gasteiger charge is 2.19. The molecular weight excluding hydrogens is 208 g/mol. The minimum absolute atomic E-state index is 1.00. The fourth-order valence-electron chi connectivity index (χ4n) is 2.48. The molecule has 0 unspecified atom stereocenters. The van der Waals surface area contributed by atoms with E-state index < -0.39 is 0 Å². The summed E-state index contributed by atoms with van der Waals surface area (Å²) in [5, 5.41) is 7.00. The van der Waals surface area contributed by atoms with Crippen LogP contribution < -0.4 is 0 Å². The molecule has 0 radical (unpaired) electrons. The molecule has 0 amide bonds. The summed E-state index contributed by atoms with van der Waals surface area (Å²) in [6.07, 6.45) is 1.11. The molecule has 1 N–H and O–H groups in total. The van der Waals surface area contributed by atoms with Crippen LogP contribution in [0, 0.1) is 13.8 Å². The van der Waals surface area contributed by atoms with Crippen molar-refractivity contribution in [2.24, 2.45) is 0 Å². The molecule has 0 saturated heterocycles. The molecule has 0 saturated carbocycles. The maximum Gasteiger partial charge on any atom is 0.0319 e. The zero-order valence-electron chi connectivity index (χ0n) is 10.6. The molecule has 0 fully saturated rings. The number of hydrogen-bond donors (Lipinski definition) is 1. The first-order chi connectivity index (χ1) is 8.27. The van der Waals surface area contributed by atoms with Gasteiger partial charge in [0.25, 0.3) is 0 Å². The van der Waals surface area contributed by atoms with Gasteiger partial charge in [-0.2, -0.15) is 0 Å². The molecule has 0 aromatic heterocycles. The predicted octanol–water partition coefficient (Wildman–Crippen LogP) is 3.48. The van der Waals surface area contributed by atoms with Gasteiger partial charge in [0.1, 0.15) is 0 Å². The van der Waals surface area contributed by atoms with E-state index >= 15 is 0 Å². The second-order valence-corrected chi connectivity index (χ2v) is 4.37. The highest BCUT2D eigenvalue weighted by atomic mass is 16.2. The first kappa shape index (κ1) is 11.9. The minimum atomic E-state index is 1.00. The Morgan fingerprint density at radius 1 is 0.882 bits per heavy atom. The molecule has 1 heteroatoms. The number of rotatable bonds is 0. The topological polar surface area (TPSA) is 20.2 Å². The van der Waals surface area contributed by atoms with Crippen LogP contribution >= 0.6 is 0 Å². The van der Waals surface area contributed by atoms with Crippen LogP contribution in [0.4, 0.5) is 0 Å². The number of hydrogen-bond acceptors (Lipinski definition) is 1. The molecule has 0 aliphatic heterocycles. The van der Waals surface area contributed by atoms with Gasteiger partial charge >= 0.3 is 0 Å². The predicted molar refractivity (Wildman–Crippen MR) is 72.3 cm³/mol. The largest absolute Gasteiger partial charge is 0.400 e. The van der Waals surface area contributed by atoms with E-state index in [0.29, 0.717) is 0 Å². The fourth-order valence-corrected chi connectivity index (χ4v) is 2.48. The van der Waals surface area contributed by atoms with Crippen molar-refractivity contribution in [3.63, 3.8) is 0 Å². The van der Waals surface area contributed by atoms with E-state index in [9.17, 15) is 0 Å². The summed E-state index contributed by atoms with van der Waals surface area (Å²) in [6.45, 7) is 4.43. The van der Waals surface area contributed by atoms with Crippen LogP contribution in [0.2, 0.25) is 0 Å². The van der Waals surface area contributed by atoms with Gasteiger partial charge in [0.2, 0.25) is 0 Å². The molecule has 1 nitrogen and oxygen atoms in total. The number of aryl methyl sites for hydroxylation is 1. The summed E-state index contributed by atoms with van der Waals surface area (Å²) < 4.78 is 0. The minimum Gasteiger partial charge on any atom is -0.400 e. The molecule has 0 heterocycles. The van der Waals surface area contributed by atoms with Crippen LogP contribution in [0.1, 0.15) is 22.3 Å². The van der Waals surface area contributed by atoms with Crippen molar-refractivity contribution in [1.82, 2.24) is 0 Å². The number of fused-ring (bicyclic) bond motifs is 3. The molecule has 0 spiro atoms. The standard InChI is InChI=1S/C15H14.CH4O/c1-10-7-8-14-13-6-4-3-5-12(13)9-15(14)11(10)2;1-2/h3-8H,9H2,1-2H3;2H,1H3. The summed E-state index contributed by atoms with van der Waals surface area (Å²) in [6, 6.07) is 13.2. The van der Waals surface area contributed by atoms with Crippen LogP contribution in [-0.2, 0) is 6.42 Å². The first-order valence-corrected chi connectivity index (χ1v) is 5.89. The Balaban J connectivity index is 0.000000514. The van der Waals surface area contributed by atoms with Crippen LogP contribution in [-0.4, -0.2) is 12.2 Å². The van der Waals surface area contributed by atoms with Gasteiger partial charge in [-0.1, -0.05) is 36.4 Å². The van der Waals surface area contributed by atoms with Gasteiger partial charge in [-0.3, -0.25) is 0 Å². The van der Waals surface area contributed by atoms with E-state index in [-0.39, 0.29) is 0 Å². The quantitative estimate of drug-likeness (QED) is 0.622. The summed E-state index contributed by atoms with van der Waals surface area (Å²) >= 11 is 0. The Hall–Kier alpha value is -1.60. The maximum atomic E-state index is 7.00. The summed E-state index contributed by atoms with van der Waals surface area (Å²) in [5.74, 6) is 0. The van der Waals surface area contributed by atoms with Crippen LogP contribution in [0.3, 0.4) is 0 Å². The van der Waals surface area contributed by atoms with Crippen molar-refractivity contribution in [3.05, 3.63) is 58.7 Å². The molecule has 1 aliphatic carbocycles. The van der Waals surface area contributed by atoms with Gasteiger partial charge in [-0.15, -0.1) is 0 Å². The zero-order chi connectivity index (χ0) is 12.4. The average Bonchev–Trinajstić information content (AvgIpc) is 2.76. The van der Waals surface area contributed by atoms with E-state index in [1.54, 1.807) is 0 Å². The van der Waals surface area contributed by atoms with Crippen LogP contribution in [0.5, 0.6) is 0 Å². The third-order valence-electron chi connectivity index (χ3n) is 3.54. The van der Waals surface area contributed by atoms with Crippen LogP contribution in [0.15, 0.2) is 36.4 Å². The number of benzene rings is 2. The average molecular weight is 226 g/mol. The van der Waals surface area contributed by atoms with Gasteiger partial charge in [0, 0.05) is 7.11 Å². The Morgan fingerprint density at radius 3 is 2.35 bits per heavy atom. The molecule has 2 aromatic rings. The molecule has 3 rings (SSSR count). The van der Waals surface area contributed by atoms with Gasteiger partial charge in [-0.25, -0.2) is 0 Å². The van der Waals surface area contributed by atoms with Crippen molar-refractivity contribution < 1.29 is 5.11 Å². The number of aliphatic hydroxyl groups is 1. The fraction of sp³-hybridized carbons (Fsp3) is 0.250. The molecule has 0 bridgehead atoms. The Labute approximate surface area is 103 Å². The molecule has 17 heavy (non-hydrogen) atoms. The van der Waals surface area contributed by atoms with E-state index in [4.69, 9.17) is 5.11 Å². The van der Waals surface area contributed by atoms with Gasteiger partial charge in [-0.05, 0) is 53.6 Å². The summed E-state index contributed by atoms with van der Waals surface area (Å²) in [4.78, 5) is 0. The molecule has 0 atom stereocenters. The summed E-state index contributed by atoms with van der Waals surface area (Å²) in [5.41, 5.74) is 8.73. The van der Waals surface area contributed by atoms with Crippen LogP contribution in [0.25, 0.3) is 11.1 Å². The van der Waals surface area contributed by atoms with E-state index in [0.717, 1.165) is 13.5 Å². The van der Waals surface area contributed by atoms with Gasteiger partial charge in [0.05, 0.1) is 0 Å². The van der Waals surface area contributed by atoms with Crippen molar-refractivity contribution >= 4 is 0 Å². The van der Waals surface area contributed by atoms with E-state index in [2.05, 4.69) is 50.2 Å². The summed E-state index contributed by atoms with van der Waals surface area (Å²) in [7, 11) is 1.00.